The van der Waals surface area contributed by atoms with Gasteiger partial charge in [-0.15, -0.1) is 0 Å². The molecule has 0 spiro atoms. The number of carboxylic acids is 1. The van der Waals surface area contributed by atoms with E-state index in [-0.39, 0.29) is 18.9 Å². The third-order valence-electron chi connectivity index (χ3n) is 5.72. The first-order chi connectivity index (χ1) is 15.8. The van der Waals surface area contributed by atoms with E-state index in [4.69, 9.17) is 11.5 Å². The van der Waals surface area contributed by atoms with Crippen LogP contribution in [0.15, 0.2) is 47.5 Å². The zero-order valence-corrected chi connectivity index (χ0v) is 18.2. The number of aliphatic hydroxyl groups is 1. The number of hydrogen-bond acceptors (Lipinski definition) is 5. The van der Waals surface area contributed by atoms with Crippen LogP contribution in [0.3, 0.4) is 0 Å². The molecule has 3 rings (SSSR count). The highest BCUT2D eigenvalue weighted by atomic mass is 16.4. The minimum atomic E-state index is -1.42. The first-order valence-corrected chi connectivity index (χ1v) is 10.8. The number of guanidine groups is 1. The van der Waals surface area contributed by atoms with E-state index < -0.39 is 36.0 Å². The van der Waals surface area contributed by atoms with Crippen molar-refractivity contribution in [3.63, 3.8) is 0 Å². The largest absolute Gasteiger partial charge is 0.480 e. The zero-order valence-electron chi connectivity index (χ0n) is 18.2. The van der Waals surface area contributed by atoms with Gasteiger partial charge in [0, 0.05) is 13.1 Å². The number of rotatable bonds is 9. The Hall–Kier alpha value is -3.66. The molecule has 1 unspecified atom stereocenters. The lowest BCUT2D eigenvalue weighted by Gasteiger charge is -2.27. The number of aliphatic carboxylic acids is 1. The van der Waals surface area contributed by atoms with Gasteiger partial charge in [0.05, 0.1) is 0 Å². The lowest BCUT2D eigenvalue weighted by Crippen LogP contribution is -2.51. The summed E-state index contributed by atoms with van der Waals surface area (Å²) >= 11 is 0. The number of likely N-dealkylation sites (tertiary alicyclic amines) is 1. The predicted molar refractivity (Wildman–Crippen MR) is 123 cm³/mol. The lowest BCUT2D eigenvalue weighted by molar-refractivity contribution is -0.147. The van der Waals surface area contributed by atoms with Crippen LogP contribution in [0.2, 0.25) is 0 Å². The van der Waals surface area contributed by atoms with Crippen molar-refractivity contribution in [1.82, 2.24) is 10.2 Å². The van der Waals surface area contributed by atoms with Crippen LogP contribution < -0.4 is 16.8 Å². The highest BCUT2D eigenvalue weighted by Gasteiger charge is 2.38. The van der Waals surface area contributed by atoms with Gasteiger partial charge >= 0.3 is 5.97 Å². The fraction of sp³-hybridized carbons (Fsp3) is 0.391. The van der Waals surface area contributed by atoms with Gasteiger partial charge in [-0.05, 0) is 48.1 Å². The van der Waals surface area contributed by atoms with E-state index in [1.807, 2.05) is 30.3 Å². The number of aliphatic hydroxyl groups excluding tert-OH is 1. The highest BCUT2D eigenvalue weighted by molar-refractivity contribution is 5.93. The Morgan fingerprint density at radius 1 is 1.15 bits per heavy atom. The number of amides is 2. The summed E-state index contributed by atoms with van der Waals surface area (Å²) in [5.41, 5.74) is 10.9. The van der Waals surface area contributed by atoms with Crippen molar-refractivity contribution in [2.45, 2.75) is 43.9 Å². The summed E-state index contributed by atoms with van der Waals surface area (Å²) in [6, 6.07) is 10.9. The van der Waals surface area contributed by atoms with Crippen molar-refractivity contribution in [2.24, 2.45) is 16.5 Å². The molecule has 7 N–H and O–H groups in total. The first-order valence-electron chi connectivity index (χ1n) is 10.8. The Morgan fingerprint density at radius 2 is 1.88 bits per heavy atom. The molecule has 1 aliphatic rings. The Balaban J connectivity index is 1.66. The van der Waals surface area contributed by atoms with E-state index in [1.165, 1.54) is 4.90 Å². The molecule has 0 bridgehead atoms. The zero-order chi connectivity index (χ0) is 24.0. The average Bonchev–Trinajstić information content (AvgIpc) is 3.29. The van der Waals surface area contributed by atoms with E-state index in [1.54, 1.807) is 12.1 Å². The van der Waals surface area contributed by atoms with Gasteiger partial charge in [0.15, 0.2) is 12.1 Å². The van der Waals surface area contributed by atoms with Crippen molar-refractivity contribution in [2.75, 3.05) is 13.1 Å². The highest BCUT2D eigenvalue weighted by Crippen LogP contribution is 2.26. The summed E-state index contributed by atoms with van der Waals surface area (Å²) in [4.78, 5) is 42.6. The smallest absolute Gasteiger partial charge is 0.326 e. The Bertz CT molecular complexity index is 1050. The number of hydrogen-bond donors (Lipinski definition) is 5. The molecular weight excluding hydrogens is 426 g/mol. The van der Waals surface area contributed by atoms with Gasteiger partial charge in [0.2, 0.25) is 5.91 Å². The van der Waals surface area contributed by atoms with Crippen LogP contribution in [0.1, 0.15) is 37.4 Å². The van der Waals surface area contributed by atoms with Crippen LogP contribution in [-0.4, -0.2) is 64.0 Å². The Morgan fingerprint density at radius 3 is 2.58 bits per heavy atom. The van der Waals surface area contributed by atoms with Gasteiger partial charge in [-0.2, -0.15) is 0 Å². The molecule has 0 aromatic heterocycles. The molecule has 1 fully saturated rings. The molecule has 3 atom stereocenters. The third kappa shape index (κ3) is 5.98. The van der Waals surface area contributed by atoms with Crippen LogP contribution in [0, 0.1) is 0 Å². The normalized spacial score (nSPS) is 17.4. The second-order valence-electron chi connectivity index (χ2n) is 8.05. The van der Waals surface area contributed by atoms with E-state index in [0.29, 0.717) is 31.4 Å². The molecule has 1 aliphatic heterocycles. The quantitative estimate of drug-likeness (QED) is 0.208. The second-order valence-corrected chi connectivity index (χ2v) is 8.05. The maximum Gasteiger partial charge on any atom is 0.326 e. The molecule has 10 heteroatoms. The van der Waals surface area contributed by atoms with Crippen LogP contribution >= 0.6 is 0 Å². The van der Waals surface area contributed by atoms with Crippen LogP contribution in [0.4, 0.5) is 0 Å². The molecule has 0 saturated carbocycles. The summed E-state index contributed by atoms with van der Waals surface area (Å²) in [6.07, 6.45) is 0.0538. The van der Waals surface area contributed by atoms with Crippen LogP contribution in [0.5, 0.6) is 0 Å². The second kappa shape index (κ2) is 10.8. The molecule has 176 valence electrons. The number of carbonyl (C=O) groups is 3. The van der Waals surface area contributed by atoms with Crippen molar-refractivity contribution >= 4 is 34.5 Å². The standard InChI is InChI=1S/C23H29N5O5/c24-23(25)26-11-3-7-17(22(32)33)27-20(30)18-8-4-12-28(18)21(31)19(29)16-10-9-14-5-1-2-6-15(14)13-16/h1-2,5-6,9-10,13,17-19,29H,3-4,7-8,11-12H2,(H,27,30)(H,32,33)(H4,24,25,26)/t17-,18-,19?/m0/s1. The molecule has 10 nitrogen and oxygen atoms in total. The van der Waals surface area contributed by atoms with E-state index >= 15 is 0 Å². The molecule has 2 aromatic carbocycles. The molecule has 1 heterocycles. The maximum atomic E-state index is 13.0. The predicted octanol–water partition coefficient (Wildman–Crippen LogP) is 0.487. The van der Waals surface area contributed by atoms with E-state index in [9.17, 15) is 24.6 Å². The summed E-state index contributed by atoms with van der Waals surface area (Å²) in [6.45, 7) is 0.553. The van der Waals surface area contributed by atoms with Crippen LogP contribution in [0.25, 0.3) is 10.8 Å². The average molecular weight is 456 g/mol. The maximum absolute atomic E-state index is 13.0. The molecule has 1 saturated heterocycles. The number of nitrogens with one attached hydrogen (secondary N) is 1. The van der Waals surface area contributed by atoms with Crippen molar-refractivity contribution < 1.29 is 24.6 Å². The van der Waals surface area contributed by atoms with Crippen LogP contribution in [-0.2, 0) is 14.4 Å². The van der Waals surface area contributed by atoms with Gasteiger partial charge in [-0.25, -0.2) is 4.79 Å². The fourth-order valence-corrected chi connectivity index (χ4v) is 4.01. The third-order valence-corrected chi connectivity index (χ3v) is 5.72. The lowest BCUT2D eigenvalue weighted by atomic mass is 10.0. The van der Waals surface area contributed by atoms with Crippen molar-refractivity contribution in [3.05, 3.63) is 48.0 Å². The topological polar surface area (TPSA) is 171 Å². The van der Waals surface area contributed by atoms with Crippen molar-refractivity contribution in [1.29, 1.82) is 0 Å². The van der Waals surface area contributed by atoms with Gasteiger partial charge in [0.1, 0.15) is 12.1 Å². The minimum absolute atomic E-state index is 0.0870. The summed E-state index contributed by atoms with van der Waals surface area (Å²) in [5.74, 6) is -2.40. The number of fused-ring (bicyclic) bond motifs is 1. The van der Waals surface area contributed by atoms with Crippen molar-refractivity contribution in [3.8, 4) is 0 Å². The SMILES string of the molecule is NC(N)=NCCC[C@H](NC(=O)[C@@H]1CCCN1C(=O)C(O)c1ccc2ccccc2c1)C(=O)O. The van der Waals surface area contributed by atoms with Gasteiger partial charge in [-0.1, -0.05) is 36.4 Å². The fourth-order valence-electron chi connectivity index (χ4n) is 4.01. The first kappa shape index (κ1) is 24.0. The number of nitrogens with zero attached hydrogens (tertiary/aromatic N) is 2. The number of nitrogens with two attached hydrogens (primary N) is 2. The molecule has 2 aromatic rings. The summed E-state index contributed by atoms with van der Waals surface area (Å²) in [7, 11) is 0. The minimum Gasteiger partial charge on any atom is -0.480 e. The molecule has 0 radical (unpaired) electrons. The van der Waals surface area contributed by atoms with Gasteiger partial charge in [-0.3, -0.25) is 14.6 Å². The van der Waals surface area contributed by atoms with Gasteiger partial charge in [0.25, 0.3) is 5.91 Å². The molecule has 0 aliphatic carbocycles. The summed E-state index contributed by atoms with van der Waals surface area (Å²) < 4.78 is 0. The Labute approximate surface area is 191 Å². The monoisotopic (exact) mass is 455 g/mol. The Kier molecular flexibility index (Phi) is 7.83. The van der Waals surface area contributed by atoms with E-state index in [0.717, 1.165) is 10.8 Å². The molecule has 2 amide bonds. The van der Waals surface area contributed by atoms with Gasteiger partial charge < -0.3 is 31.9 Å². The van der Waals surface area contributed by atoms with E-state index in [2.05, 4.69) is 10.3 Å². The number of carbonyl (C=O) groups excluding carboxylic acids is 2. The molecule has 33 heavy (non-hydrogen) atoms. The summed E-state index contributed by atoms with van der Waals surface area (Å²) in [5, 5.41) is 24.6. The molecular formula is C23H29N5O5. The number of benzene rings is 2. The number of aliphatic imine (C=N–C) groups is 1. The number of carboxylic acid groups (broad SMARTS) is 1.